The lowest BCUT2D eigenvalue weighted by Crippen LogP contribution is -2.55. The zero-order valence-corrected chi connectivity index (χ0v) is 31.4. The average Bonchev–Trinajstić information content (AvgIpc) is 3.61. The van der Waals surface area contributed by atoms with Gasteiger partial charge in [0.05, 0.1) is 32.6 Å². The Morgan fingerprint density at radius 1 is 0.909 bits per heavy atom. The lowest BCUT2D eigenvalue weighted by molar-refractivity contribution is -0.139. The molecule has 0 radical (unpaired) electrons. The van der Waals surface area contributed by atoms with Gasteiger partial charge in [-0.15, -0.1) is 0 Å². The van der Waals surface area contributed by atoms with Gasteiger partial charge in [0.25, 0.3) is 11.8 Å². The van der Waals surface area contributed by atoms with Gasteiger partial charge in [-0.25, -0.2) is 0 Å². The molecule has 1 spiro atoms. The van der Waals surface area contributed by atoms with E-state index in [0.29, 0.717) is 43.1 Å². The van der Waals surface area contributed by atoms with Crippen molar-refractivity contribution in [3.63, 3.8) is 0 Å². The highest BCUT2D eigenvalue weighted by Gasteiger charge is 2.54. The number of ether oxygens (including phenoxy) is 1. The summed E-state index contributed by atoms with van der Waals surface area (Å²) in [4.78, 5) is 49.3. The van der Waals surface area contributed by atoms with E-state index in [1.165, 1.54) is 7.11 Å². The number of rotatable bonds is 13. The van der Waals surface area contributed by atoms with Crippen molar-refractivity contribution in [3.05, 3.63) is 132 Å². The topological polar surface area (TPSA) is 126 Å². The zero-order chi connectivity index (χ0) is 38.6. The Kier molecular flexibility index (Phi) is 11.1. The second-order valence-electron chi connectivity index (χ2n) is 14.6. The van der Waals surface area contributed by atoms with Crippen LogP contribution in [0.25, 0.3) is 0 Å². The second-order valence-corrected chi connectivity index (χ2v) is 14.6. The van der Waals surface area contributed by atoms with Gasteiger partial charge in [-0.2, -0.15) is 0 Å². The van der Waals surface area contributed by atoms with E-state index in [2.05, 4.69) is 22.3 Å². The number of hydrogen-bond acceptors (Lipinski definition) is 8. The molecule has 286 valence electrons. The van der Waals surface area contributed by atoms with E-state index in [4.69, 9.17) is 4.74 Å². The molecule has 0 aromatic heterocycles. The van der Waals surface area contributed by atoms with Gasteiger partial charge in [0, 0.05) is 42.4 Å². The average molecular weight is 744 g/mol. The van der Waals surface area contributed by atoms with E-state index in [1.807, 2.05) is 77.7 Å². The summed E-state index contributed by atoms with van der Waals surface area (Å²) in [7, 11) is 1.54. The van der Waals surface area contributed by atoms with Crippen LogP contribution in [-0.2, 0) is 33.1 Å². The highest BCUT2D eigenvalue weighted by atomic mass is 16.5. The molecule has 0 unspecified atom stereocenters. The van der Waals surface area contributed by atoms with E-state index in [0.717, 1.165) is 35.6 Å². The minimum Gasteiger partial charge on any atom is -0.497 e. The second kappa shape index (κ2) is 16.1. The minimum absolute atomic E-state index is 0.0393. The summed E-state index contributed by atoms with van der Waals surface area (Å²) in [6.07, 6.45) is 4.83. The molecule has 3 aliphatic rings. The molecule has 3 N–H and O–H groups in total. The number of para-hydroxylation sites is 1. The normalized spacial score (nSPS) is 19.7. The molecule has 4 aromatic rings. The minimum atomic E-state index is -1.93. The fraction of sp³-hybridized carbons (Fsp3) is 0.341. The number of amides is 3. The number of methoxy groups -OCH3 is 1. The Morgan fingerprint density at radius 2 is 1.60 bits per heavy atom. The summed E-state index contributed by atoms with van der Waals surface area (Å²) >= 11 is 0. The third kappa shape index (κ3) is 7.23. The summed E-state index contributed by atoms with van der Waals surface area (Å²) in [6, 6.07) is 32.6. The lowest BCUT2D eigenvalue weighted by atomic mass is 9.83. The first-order chi connectivity index (χ1) is 26.7. The highest BCUT2D eigenvalue weighted by Crippen LogP contribution is 2.47. The number of fused-ring (bicyclic) bond motifs is 1. The van der Waals surface area contributed by atoms with Crippen LogP contribution in [0, 0.1) is 5.92 Å². The van der Waals surface area contributed by atoms with Crippen LogP contribution in [0.2, 0.25) is 0 Å². The molecule has 0 saturated carbocycles. The Hall–Kier alpha value is -5.49. The largest absolute Gasteiger partial charge is 0.497 e. The first-order valence-electron chi connectivity index (χ1n) is 19.0. The number of hydrogen-bond donors (Lipinski definition) is 3. The number of aliphatic hydroxyl groups excluding tert-OH is 1. The number of benzene rings is 4. The number of aliphatic hydroxyl groups is 2. The van der Waals surface area contributed by atoms with Crippen molar-refractivity contribution in [2.24, 2.45) is 5.92 Å². The molecule has 3 aliphatic heterocycles. The number of anilines is 3. The highest BCUT2D eigenvalue weighted by molar-refractivity contribution is 6.08. The number of piperidine rings is 1. The van der Waals surface area contributed by atoms with Crippen molar-refractivity contribution >= 4 is 34.8 Å². The van der Waals surface area contributed by atoms with Gasteiger partial charge in [0.1, 0.15) is 11.3 Å². The van der Waals surface area contributed by atoms with E-state index < -0.39 is 23.0 Å². The first kappa shape index (κ1) is 37.8. The van der Waals surface area contributed by atoms with Gasteiger partial charge in [0.2, 0.25) is 5.91 Å². The molecular weight excluding hydrogens is 695 g/mol. The molecule has 0 bridgehead atoms. The number of nitrogens with one attached hydrogen (secondary N) is 1. The van der Waals surface area contributed by atoms with Crippen LogP contribution >= 0.6 is 0 Å². The maximum Gasteiger partial charge on any atom is 0.264 e. The van der Waals surface area contributed by atoms with Crippen molar-refractivity contribution in [3.8, 4) is 5.75 Å². The first-order valence-corrected chi connectivity index (χ1v) is 19.0. The van der Waals surface area contributed by atoms with Gasteiger partial charge in [-0.3, -0.25) is 19.3 Å². The van der Waals surface area contributed by atoms with Gasteiger partial charge in [-0.1, -0.05) is 79.7 Å². The predicted molar refractivity (Wildman–Crippen MR) is 212 cm³/mol. The SMILES string of the molecule is COc1ccc2c(c1)[C@@](O)([C@H](C)/C=C/CC(=O)N(CCO)Cc1ccccc1)C(=O)N2Cc1cccc(N2CN(c3ccccc3)C3(CCNCC3)C2=O)c1. The Labute approximate surface area is 322 Å². The molecule has 4 aromatic carbocycles. The van der Waals surface area contributed by atoms with E-state index >= 15 is 0 Å². The van der Waals surface area contributed by atoms with Crippen LogP contribution in [0.4, 0.5) is 17.1 Å². The third-order valence-electron chi connectivity index (χ3n) is 11.3. The molecule has 55 heavy (non-hydrogen) atoms. The predicted octanol–water partition coefficient (Wildman–Crippen LogP) is 4.97. The van der Waals surface area contributed by atoms with Crippen LogP contribution in [0.5, 0.6) is 5.75 Å². The van der Waals surface area contributed by atoms with Crippen molar-refractivity contribution in [1.29, 1.82) is 0 Å². The maximum atomic E-state index is 14.4. The van der Waals surface area contributed by atoms with Crippen LogP contribution in [0.15, 0.2) is 115 Å². The van der Waals surface area contributed by atoms with Crippen molar-refractivity contribution < 1.29 is 29.3 Å². The zero-order valence-electron chi connectivity index (χ0n) is 31.4. The Bertz CT molecular complexity index is 2030. The van der Waals surface area contributed by atoms with Crippen LogP contribution in [-0.4, -0.2) is 78.4 Å². The maximum absolute atomic E-state index is 14.4. The van der Waals surface area contributed by atoms with Crippen molar-refractivity contribution in [2.45, 2.75) is 50.4 Å². The van der Waals surface area contributed by atoms with Crippen LogP contribution < -0.4 is 24.8 Å². The summed E-state index contributed by atoms with van der Waals surface area (Å²) < 4.78 is 5.51. The summed E-state index contributed by atoms with van der Waals surface area (Å²) in [5.74, 6) is -0.801. The van der Waals surface area contributed by atoms with Crippen molar-refractivity contribution in [2.75, 3.05) is 54.7 Å². The number of nitrogens with zero attached hydrogens (tertiary/aromatic N) is 4. The van der Waals surface area contributed by atoms with E-state index in [9.17, 15) is 24.6 Å². The molecule has 3 amide bonds. The van der Waals surface area contributed by atoms with Gasteiger partial charge in [-0.05, 0) is 79.5 Å². The van der Waals surface area contributed by atoms with Crippen molar-refractivity contribution in [1.82, 2.24) is 10.2 Å². The Balaban J connectivity index is 1.12. The molecular formula is C44H49N5O6. The molecule has 2 atom stereocenters. The fourth-order valence-corrected chi connectivity index (χ4v) is 8.24. The monoisotopic (exact) mass is 743 g/mol. The summed E-state index contributed by atoms with van der Waals surface area (Å²) in [5.41, 5.74) is 1.92. The molecule has 11 nitrogen and oxygen atoms in total. The number of carbonyl (C=O) groups is 3. The summed E-state index contributed by atoms with van der Waals surface area (Å²) in [6.45, 7) is 4.25. The fourth-order valence-electron chi connectivity index (χ4n) is 8.24. The molecule has 7 rings (SSSR count). The lowest BCUT2D eigenvalue weighted by Gasteiger charge is -2.39. The number of carbonyl (C=O) groups excluding carboxylic acids is 3. The van der Waals surface area contributed by atoms with Gasteiger partial charge >= 0.3 is 0 Å². The quantitative estimate of drug-likeness (QED) is 0.164. The summed E-state index contributed by atoms with van der Waals surface area (Å²) in [5, 5.41) is 25.4. The smallest absolute Gasteiger partial charge is 0.264 e. The van der Waals surface area contributed by atoms with Gasteiger partial charge in [0.15, 0.2) is 5.60 Å². The third-order valence-corrected chi connectivity index (χ3v) is 11.3. The molecule has 0 aliphatic carbocycles. The van der Waals surface area contributed by atoms with Gasteiger partial charge < -0.3 is 35.0 Å². The molecule has 11 heteroatoms. The molecule has 2 fully saturated rings. The Morgan fingerprint density at radius 3 is 2.31 bits per heavy atom. The molecule has 3 heterocycles. The molecule has 2 saturated heterocycles. The van der Waals surface area contributed by atoms with E-state index in [-0.39, 0.29) is 37.9 Å². The standard InChI is InChI=1S/C44H49N5O6/c1-32(11-9-18-40(51)46(25-26-50)29-33-12-5-3-6-13-33)44(54)38-28-37(55-2)19-20-39(38)47(42(44)53)30-34-14-10-17-36(27-34)48-31-49(35-15-7-4-8-16-35)43(41(48)52)21-23-45-24-22-43/h3-17,19-20,27-28,32,45,50,54H,18,21-26,29-31H2,1-2H3/b11-9+/t32-,44+/m1/s1. The van der Waals surface area contributed by atoms with Crippen LogP contribution in [0.3, 0.4) is 0 Å². The van der Waals surface area contributed by atoms with E-state index in [1.54, 1.807) is 47.1 Å². The van der Waals surface area contributed by atoms with Crippen LogP contribution in [0.1, 0.15) is 42.9 Å².